The monoisotopic (exact) mass is 376 g/mol. The Hall–Kier alpha value is -3.79. The first kappa shape index (κ1) is 19.0. The predicted octanol–water partition coefficient (Wildman–Crippen LogP) is 2.83. The number of nitriles is 1. The second kappa shape index (κ2) is 8.27. The van der Waals surface area contributed by atoms with Crippen molar-refractivity contribution in [2.45, 2.75) is 6.04 Å². The third-order valence-corrected chi connectivity index (χ3v) is 4.35. The number of ether oxygens (including phenoxy) is 2. The summed E-state index contributed by atoms with van der Waals surface area (Å²) < 4.78 is 12.6. The molecule has 1 atom stereocenters. The normalized spacial score (nSPS) is 11.4. The Balaban J connectivity index is 2.02. The minimum absolute atomic E-state index is 0.313. The molecule has 3 aromatic rings. The summed E-state index contributed by atoms with van der Waals surface area (Å²) in [5, 5.41) is 12.1. The van der Waals surface area contributed by atoms with E-state index in [4.69, 9.17) is 14.7 Å². The molecule has 0 bridgehead atoms. The van der Waals surface area contributed by atoms with Crippen molar-refractivity contribution < 1.29 is 14.3 Å². The van der Waals surface area contributed by atoms with E-state index in [2.05, 4.69) is 10.3 Å². The fourth-order valence-corrected chi connectivity index (χ4v) is 2.89. The topological polar surface area (TPSA) is 89.2 Å². The van der Waals surface area contributed by atoms with Gasteiger partial charge < -0.3 is 19.4 Å². The number of aryl methyl sites for hydroxylation is 1. The zero-order valence-corrected chi connectivity index (χ0v) is 15.8. The molecule has 0 fully saturated rings. The summed E-state index contributed by atoms with van der Waals surface area (Å²) >= 11 is 0. The van der Waals surface area contributed by atoms with Gasteiger partial charge in [0.25, 0.3) is 5.91 Å². The number of hydrogen-bond donors (Lipinski definition) is 1. The Bertz CT molecular complexity index is 1010. The standard InChI is InChI=1S/C21H20N4O3/c1-25-8-7-23-20(25)19(16-10-17(27-2)12-18(11-16)28-3)24-21(26)15-6-4-5-14(9-15)13-22/h4-12,19H,1-3H3,(H,24,26). The van der Waals surface area contributed by atoms with Gasteiger partial charge in [0.05, 0.1) is 25.9 Å². The summed E-state index contributed by atoms with van der Waals surface area (Å²) in [7, 11) is 5.00. The third kappa shape index (κ3) is 3.96. The van der Waals surface area contributed by atoms with Crippen molar-refractivity contribution in [1.29, 1.82) is 5.26 Å². The summed E-state index contributed by atoms with van der Waals surface area (Å²) in [6, 6.07) is 13.5. The van der Waals surface area contributed by atoms with Crippen molar-refractivity contribution in [3.8, 4) is 17.6 Å². The van der Waals surface area contributed by atoms with Crippen molar-refractivity contribution in [2.24, 2.45) is 7.05 Å². The zero-order chi connectivity index (χ0) is 20.1. The SMILES string of the molecule is COc1cc(OC)cc(C(NC(=O)c2cccc(C#N)c2)c2nccn2C)c1. The minimum Gasteiger partial charge on any atom is -0.497 e. The number of amides is 1. The number of nitrogens with zero attached hydrogens (tertiary/aromatic N) is 3. The number of hydrogen-bond acceptors (Lipinski definition) is 5. The molecule has 0 saturated heterocycles. The molecule has 1 unspecified atom stereocenters. The van der Waals surface area contributed by atoms with Crippen molar-refractivity contribution >= 4 is 5.91 Å². The largest absolute Gasteiger partial charge is 0.497 e. The van der Waals surface area contributed by atoms with Crippen LogP contribution in [0.1, 0.15) is 33.4 Å². The molecule has 2 aromatic carbocycles. The van der Waals surface area contributed by atoms with Crippen LogP contribution in [0.25, 0.3) is 0 Å². The number of imidazole rings is 1. The summed E-state index contributed by atoms with van der Waals surface area (Å²) in [5.74, 6) is 1.55. The van der Waals surface area contributed by atoms with Crippen LogP contribution in [-0.4, -0.2) is 29.7 Å². The molecule has 7 nitrogen and oxygen atoms in total. The third-order valence-electron chi connectivity index (χ3n) is 4.35. The van der Waals surface area contributed by atoms with Crippen LogP contribution >= 0.6 is 0 Å². The van der Waals surface area contributed by atoms with Crippen LogP contribution in [0.15, 0.2) is 54.9 Å². The quantitative estimate of drug-likeness (QED) is 0.715. The lowest BCUT2D eigenvalue weighted by Crippen LogP contribution is -2.31. The summed E-state index contributed by atoms with van der Waals surface area (Å²) in [5.41, 5.74) is 1.58. The van der Waals surface area contributed by atoms with E-state index in [0.717, 1.165) is 5.56 Å². The van der Waals surface area contributed by atoms with Crippen molar-refractivity contribution in [1.82, 2.24) is 14.9 Å². The molecule has 0 aliphatic rings. The van der Waals surface area contributed by atoms with Crippen LogP contribution < -0.4 is 14.8 Å². The molecule has 1 aromatic heterocycles. The molecule has 0 saturated carbocycles. The Morgan fingerprint density at radius 1 is 1.18 bits per heavy atom. The van der Waals surface area contributed by atoms with E-state index in [9.17, 15) is 4.79 Å². The van der Waals surface area contributed by atoms with Gasteiger partial charge in [-0.05, 0) is 35.9 Å². The van der Waals surface area contributed by atoms with Crippen molar-refractivity contribution in [2.75, 3.05) is 14.2 Å². The highest BCUT2D eigenvalue weighted by atomic mass is 16.5. The Morgan fingerprint density at radius 3 is 2.46 bits per heavy atom. The maximum atomic E-state index is 12.9. The van der Waals surface area contributed by atoms with Crippen LogP contribution in [0, 0.1) is 11.3 Å². The number of aromatic nitrogens is 2. The highest BCUT2D eigenvalue weighted by molar-refractivity contribution is 5.95. The van der Waals surface area contributed by atoms with Crippen LogP contribution in [0.4, 0.5) is 0 Å². The summed E-state index contributed by atoms with van der Waals surface area (Å²) in [6.07, 6.45) is 3.48. The van der Waals surface area contributed by atoms with E-state index in [1.54, 1.807) is 50.7 Å². The number of rotatable bonds is 6. The first-order chi connectivity index (χ1) is 13.5. The van der Waals surface area contributed by atoms with E-state index in [1.807, 2.05) is 36.0 Å². The van der Waals surface area contributed by atoms with Crippen LogP contribution in [0.5, 0.6) is 11.5 Å². The molecular weight excluding hydrogens is 356 g/mol. The van der Waals surface area contributed by atoms with Crippen LogP contribution in [-0.2, 0) is 7.05 Å². The number of benzene rings is 2. The predicted molar refractivity (Wildman–Crippen MR) is 103 cm³/mol. The maximum absolute atomic E-state index is 12.9. The molecular formula is C21H20N4O3. The fourth-order valence-electron chi connectivity index (χ4n) is 2.89. The van der Waals surface area contributed by atoms with Gasteiger partial charge in [-0.3, -0.25) is 4.79 Å². The van der Waals surface area contributed by atoms with Gasteiger partial charge in [-0.15, -0.1) is 0 Å². The average molecular weight is 376 g/mol. The van der Waals surface area contributed by atoms with Gasteiger partial charge in [0.1, 0.15) is 23.4 Å². The van der Waals surface area contributed by atoms with E-state index >= 15 is 0 Å². The number of carbonyl (C=O) groups is 1. The molecule has 0 aliphatic heterocycles. The first-order valence-corrected chi connectivity index (χ1v) is 8.57. The first-order valence-electron chi connectivity index (χ1n) is 8.57. The second-order valence-electron chi connectivity index (χ2n) is 6.14. The Morgan fingerprint density at radius 2 is 1.89 bits per heavy atom. The lowest BCUT2D eigenvalue weighted by molar-refractivity contribution is 0.0941. The minimum atomic E-state index is -0.540. The smallest absolute Gasteiger partial charge is 0.252 e. The molecule has 142 valence electrons. The van der Waals surface area contributed by atoms with Crippen LogP contribution in [0.3, 0.4) is 0 Å². The lowest BCUT2D eigenvalue weighted by Gasteiger charge is -2.20. The van der Waals surface area contributed by atoms with E-state index < -0.39 is 6.04 Å². The lowest BCUT2D eigenvalue weighted by atomic mass is 10.0. The Labute approximate surface area is 163 Å². The highest BCUT2D eigenvalue weighted by Crippen LogP contribution is 2.29. The van der Waals surface area contributed by atoms with E-state index in [-0.39, 0.29) is 5.91 Å². The van der Waals surface area contributed by atoms with Gasteiger partial charge >= 0.3 is 0 Å². The maximum Gasteiger partial charge on any atom is 0.252 e. The zero-order valence-electron chi connectivity index (χ0n) is 15.8. The Kier molecular flexibility index (Phi) is 5.61. The molecule has 28 heavy (non-hydrogen) atoms. The molecule has 3 rings (SSSR count). The van der Waals surface area contributed by atoms with Gasteiger partial charge in [0, 0.05) is 31.1 Å². The molecule has 1 N–H and O–H groups in total. The van der Waals surface area contributed by atoms with Gasteiger partial charge in [-0.25, -0.2) is 4.98 Å². The second-order valence-corrected chi connectivity index (χ2v) is 6.14. The van der Waals surface area contributed by atoms with Gasteiger partial charge in [0.15, 0.2) is 0 Å². The number of nitrogens with one attached hydrogen (secondary N) is 1. The van der Waals surface area contributed by atoms with E-state index in [1.165, 1.54) is 0 Å². The van der Waals surface area contributed by atoms with Crippen molar-refractivity contribution in [3.63, 3.8) is 0 Å². The molecule has 1 amide bonds. The molecule has 0 radical (unpaired) electrons. The fraction of sp³-hybridized carbons (Fsp3) is 0.190. The number of carbonyl (C=O) groups excluding carboxylic acids is 1. The van der Waals surface area contributed by atoms with Gasteiger partial charge in [-0.2, -0.15) is 5.26 Å². The molecule has 7 heteroatoms. The summed E-state index contributed by atoms with van der Waals surface area (Å²) in [6.45, 7) is 0. The highest BCUT2D eigenvalue weighted by Gasteiger charge is 2.23. The van der Waals surface area contributed by atoms with E-state index in [0.29, 0.717) is 28.5 Å². The van der Waals surface area contributed by atoms with Gasteiger partial charge in [0.2, 0.25) is 0 Å². The number of methoxy groups -OCH3 is 2. The van der Waals surface area contributed by atoms with Crippen molar-refractivity contribution in [3.05, 3.63) is 77.4 Å². The van der Waals surface area contributed by atoms with Crippen LogP contribution in [0.2, 0.25) is 0 Å². The molecule has 0 aliphatic carbocycles. The average Bonchev–Trinajstić information content (AvgIpc) is 3.16. The molecule has 1 heterocycles. The summed E-state index contributed by atoms with van der Waals surface area (Å²) in [4.78, 5) is 17.3. The molecule has 0 spiro atoms. The van der Waals surface area contributed by atoms with Gasteiger partial charge in [-0.1, -0.05) is 6.07 Å².